The number of sulfonamides is 2. The molecule has 0 aromatic heterocycles. The lowest BCUT2D eigenvalue weighted by molar-refractivity contribution is 0.370. The first-order valence-electron chi connectivity index (χ1n) is 11.1. The highest BCUT2D eigenvalue weighted by Gasteiger charge is 2.37. The molecule has 10 heteroatoms. The van der Waals surface area contributed by atoms with E-state index in [0.29, 0.717) is 29.1 Å². The number of hydrogen-bond acceptors (Lipinski definition) is 6. The van der Waals surface area contributed by atoms with Gasteiger partial charge >= 0.3 is 0 Å². The number of anilines is 1. The maximum atomic E-state index is 13.6. The number of ether oxygens (including phenoxy) is 1. The molecular formula is C25H27N3O5S2. The Morgan fingerprint density at radius 3 is 2.14 bits per heavy atom. The maximum Gasteiger partial charge on any atom is 0.279 e. The summed E-state index contributed by atoms with van der Waals surface area (Å²) in [6.45, 7) is 3.46. The molecule has 8 nitrogen and oxygen atoms in total. The van der Waals surface area contributed by atoms with Crippen molar-refractivity contribution in [2.24, 2.45) is 5.10 Å². The third kappa shape index (κ3) is 5.33. The van der Waals surface area contributed by atoms with Crippen LogP contribution in [-0.4, -0.2) is 39.8 Å². The standard InChI is InChI=1S/C25H27N3O5S2/c1-4-34(29,30)27-21-11-7-19(8-12-21)24-17-25(20-9-13-22(33-3)14-10-20)28(26-24)35(31,32)23-15-5-18(2)6-16-23/h5-16,25,27H,4,17H2,1-3H3/t25-/m0/s1. The number of methoxy groups -OCH3 is 1. The smallest absolute Gasteiger partial charge is 0.279 e. The van der Waals surface area contributed by atoms with E-state index < -0.39 is 26.1 Å². The van der Waals surface area contributed by atoms with Gasteiger partial charge in [0.1, 0.15) is 5.75 Å². The van der Waals surface area contributed by atoms with E-state index in [2.05, 4.69) is 9.82 Å². The average Bonchev–Trinajstić information content (AvgIpc) is 3.31. The fourth-order valence-electron chi connectivity index (χ4n) is 3.76. The van der Waals surface area contributed by atoms with Crippen LogP contribution in [0.15, 0.2) is 82.8 Å². The Hall–Kier alpha value is -3.37. The van der Waals surface area contributed by atoms with Crippen molar-refractivity contribution in [2.75, 3.05) is 17.6 Å². The molecule has 0 saturated carbocycles. The summed E-state index contributed by atoms with van der Waals surface area (Å²) in [5.74, 6) is 0.641. The van der Waals surface area contributed by atoms with Gasteiger partial charge in [-0.1, -0.05) is 42.0 Å². The first-order chi connectivity index (χ1) is 16.6. The summed E-state index contributed by atoms with van der Waals surface area (Å²) < 4.78 is 59.8. The summed E-state index contributed by atoms with van der Waals surface area (Å²) in [7, 11) is -5.74. The van der Waals surface area contributed by atoms with Crippen LogP contribution < -0.4 is 9.46 Å². The van der Waals surface area contributed by atoms with Gasteiger partial charge in [-0.2, -0.15) is 17.9 Å². The Bertz CT molecular complexity index is 1430. The summed E-state index contributed by atoms with van der Waals surface area (Å²) >= 11 is 0. The Morgan fingerprint density at radius 1 is 0.943 bits per heavy atom. The zero-order chi connectivity index (χ0) is 25.2. The Labute approximate surface area is 206 Å². The number of rotatable bonds is 8. The zero-order valence-corrected chi connectivity index (χ0v) is 21.3. The van der Waals surface area contributed by atoms with Gasteiger partial charge in [-0.15, -0.1) is 0 Å². The van der Waals surface area contributed by atoms with Crippen molar-refractivity contribution in [3.8, 4) is 5.75 Å². The molecule has 0 saturated heterocycles. The normalized spacial score (nSPS) is 16.1. The average molecular weight is 514 g/mol. The molecule has 1 aliphatic rings. The molecule has 4 rings (SSSR count). The van der Waals surface area contributed by atoms with Crippen molar-refractivity contribution < 1.29 is 21.6 Å². The molecule has 35 heavy (non-hydrogen) atoms. The van der Waals surface area contributed by atoms with Gasteiger partial charge in [0.2, 0.25) is 10.0 Å². The van der Waals surface area contributed by atoms with Gasteiger partial charge in [0.25, 0.3) is 10.0 Å². The van der Waals surface area contributed by atoms with E-state index in [-0.39, 0.29) is 10.6 Å². The van der Waals surface area contributed by atoms with Gasteiger partial charge in [0.15, 0.2) is 0 Å². The van der Waals surface area contributed by atoms with E-state index >= 15 is 0 Å². The zero-order valence-electron chi connectivity index (χ0n) is 19.7. The van der Waals surface area contributed by atoms with Crippen molar-refractivity contribution >= 4 is 31.4 Å². The molecule has 0 bridgehead atoms. The topological polar surface area (TPSA) is 105 Å². The van der Waals surface area contributed by atoms with Crippen molar-refractivity contribution in [3.63, 3.8) is 0 Å². The first kappa shape index (κ1) is 24.7. The van der Waals surface area contributed by atoms with Crippen LogP contribution >= 0.6 is 0 Å². The Balaban J connectivity index is 1.71. The highest BCUT2D eigenvalue weighted by Crippen LogP contribution is 2.37. The molecule has 0 unspecified atom stereocenters. The monoisotopic (exact) mass is 513 g/mol. The Morgan fingerprint density at radius 2 is 1.57 bits per heavy atom. The molecule has 3 aromatic carbocycles. The lowest BCUT2D eigenvalue weighted by atomic mass is 9.99. The highest BCUT2D eigenvalue weighted by atomic mass is 32.2. The molecule has 1 heterocycles. The van der Waals surface area contributed by atoms with E-state index in [1.807, 2.05) is 19.1 Å². The fourth-order valence-corrected chi connectivity index (χ4v) is 5.83. The SMILES string of the molecule is CCS(=O)(=O)Nc1ccc(C2=NN(S(=O)(=O)c3ccc(C)cc3)[C@H](c3ccc(OC)cc3)C2)cc1. The number of hydrogen-bond donors (Lipinski definition) is 1. The van der Waals surface area contributed by atoms with Gasteiger partial charge in [0.05, 0.1) is 29.5 Å². The minimum Gasteiger partial charge on any atom is -0.497 e. The van der Waals surface area contributed by atoms with Gasteiger partial charge in [-0.05, 0) is 61.4 Å². The molecule has 1 N–H and O–H groups in total. The van der Waals surface area contributed by atoms with Gasteiger partial charge in [-0.25, -0.2) is 8.42 Å². The highest BCUT2D eigenvalue weighted by molar-refractivity contribution is 7.92. The molecular weight excluding hydrogens is 486 g/mol. The van der Waals surface area contributed by atoms with Crippen molar-refractivity contribution in [2.45, 2.75) is 31.2 Å². The molecule has 1 atom stereocenters. The van der Waals surface area contributed by atoms with Crippen LogP contribution in [0.25, 0.3) is 0 Å². The lowest BCUT2D eigenvalue weighted by Gasteiger charge is -2.23. The minimum atomic E-state index is -3.92. The molecule has 0 amide bonds. The van der Waals surface area contributed by atoms with Crippen LogP contribution in [0, 0.1) is 6.92 Å². The number of nitrogens with zero attached hydrogens (tertiary/aromatic N) is 2. The van der Waals surface area contributed by atoms with E-state index in [0.717, 1.165) is 11.1 Å². The van der Waals surface area contributed by atoms with Gasteiger partial charge in [0, 0.05) is 12.1 Å². The third-order valence-electron chi connectivity index (χ3n) is 5.81. The van der Waals surface area contributed by atoms with Gasteiger partial charge in [-0.3, -0.25) is 4.72 Å². The summed E-state index contributed by atoms with van der Waals surface area (Å²) in [6.07, 6.45) is 0.359. The van der Waals surface area contributed by atoms with E-state index in [1.165, 1.54) is 4.41 Å². The first-order valence-corrected chi connectivity index (χ1v) is 14.2. The summed E-state index contributed by atoms with van der Waals surface area (Å²) in [5, 5.41) is 4.54. The van der Waals surface area contributed by atoms with Gasteiger partial charge < -0.3 is 4.74 Å². The predicted molar refractivity (Wildman–Crippen MR) is 137 cm³/mol. The molecule has 0 fully saturated rings. The molecule has 0 radical (unpaired) electrons. The van der Waals surface area contributed by atoms with E-state index in [9.17, 15) is 16.8 Å². The second-order valence-corrected chi connectivity index (χ2v) is 12.0. The van der Waals surface area contributed by atoms with Crippen molar-refractivity contribution in [3.05, 3.63) is 89.5 Å². The summed E-state index contributed by atoms with van der Waals surface area (Å²) in [4.78, 5) is 0.163. The van der Waals surface area contributed by atoms with Crippen LogP contribution in [0.4, 0.5) is 5.69 Å². The maximum absolute atomic E-state index is 13.6. The number of aryl methyl sites for hydroxylation is 1. The Kier molecular flexibility index (Phi) is 6.86. The van der Waals surface area contributed by atoms with Crippen LogP contribution in [-0.2, 0) is 20.0 Å². The van der Waals surface area contributed by atoms with Crippen molar-refractivity contribution in [1.29, 1.82) is 0 Å². The molecule has 1 aliphatic heterocycles. The van der Waals surface area contributed by atoms with E-state index in [1.54, 1.807) is 74.7 Å². The second-order valence-electron chi connectivity index (χ2n) is 8.21. The number of benzene rings is 3. The van der Waals surface area contributed by atoms with E-state index in [4.69, 9.17) is 4.74 Å². The summed E-state index contributed by atoms with van der Waals surface area (Å²) in [5.41, 5.74) is 3.48. The molecule has 0 spiro atoms. The number of hydrazone groups is 1. The minimum absolute atomic E-state index is 0.0309. The molecule has 184 valence electrons. The van der Waals surface area contributed by atoms with Crippen LogP contribution in [0.5, 0.6) is 5.75 Å². The van der Waals surface area contributed by atoms with Crippen LogP contribution in [0.3, 0.4) is 0 Å². The third-order valence-corrected chi connectivity index (χ3v) is 8.81. The molecule has 0 aliphatic carbocycles. The fraction of sp³-hybridized carbons (Fsp3) is 0.240. The summed E-state index contributed by atoms with van der Waals surface area (Å²) in [6, 6.07) is 20.1. The molecule has 3 aromatic rings. The lowest BCUT2D eigenvalue weighted by Crippen LogP contribution is -2.27. The van der Waals surface area contributed by atoms with Crippen LogP contribution in [0.2, 0.25) is 0 Å². The van der Waals surface area contributed by atoms with Crippen LogP contribution in [0.1, 0.15) is 36.1 Å². The quantitative estimate of drug-likeness (QED) is 0.483. The van der Waals surface area contributed by atoms with Crippen molar-refractivity contribution in [1.82, 2.24) is 4.41 Å². The predicted octanol–water partition coefficient (Wildman–Crippen LogP) is 4.31. The number of nitrogens with one attached hydrogen (secondary N) is 1. The second kappa shape index (κ2) is 9.71. The largest absolute Gasteiger partial charge is 0.497 e.